The van der Waals surface area contributed by atoms with Crippen LogP contribution in [0, 0.1) is 0 Å². The molecule has 5 rings (SSSR count). The van der Waals surface area contributed by atoms with E-state index in [2.05, 4.69) is 41.0 Å². The molecule has 0 amide bonds. The number of aromatic carboxylic acids is 1. The minimum absolute atomic E-state index is 0.390. The Morgan fingerprint density at radius 1 is 1.10 bits per heavy atom. The molecule has 3 aromatic rings. The molecule has 2 aliphatic carbocycles. The van der Waals surface area contributed by atoms with E-state index in [1.807, 2.05) is 12.3 Å². The van der Waals surface area contributed by atoms with Gasteiger partial charge in [0.1, 0.15) is 0 Å². The lowest BCUT2D eigenvalue weighted by Crippen LogP contribution is -2.07. The highest BCUT2D eigenvalue weighted by Gasteiger charge is 2.26. The number of rotatable bonds is 7. The smallest absolute Gasteiger partial charge is 0.337 e. The summed E-state index contributed by atoms with van der Waals surface area (Å²) in [6.07, 6.45) is 14.4. The molecule has 4 nitrogen and oxygen atoms in total. The zero-order chi connectivity index (χ0) is 20.7. The third-order valence-corrected chi connectivity index (χ3v) is 7.03. The van der Waals surface area contributed by atoms with E-state index in [-0.39, 0.29) is 0 Å². The fraction of sp³-hybridized carbons (Fsp3) is 0.462. The molecule has 30 heavy (non-hydrogen) atoms. The molecule has 4 heteroatoms. The third kappa shape index (κ3) is 3.76. The van der Waals surface area contributed by atoms with E-state index in [0.717, 1.165) is 36.9 Å². The predicted octanol–water partition coefficient (Wildman–Crippen LogP) is 5.98. The molecule has 0 bridgehead atoms. The number of hydrogen-bond acceptors (Lipinski definition) is 2. The summed E-state index contributed by atoms with van der Waals surface area (Å²) in [4.78, 5) is 16.2. The van der Waals surface area contributed by atoms with Gasteiger partial charge in [0.15, 0.2) is 0 Å². The van der Waals surface area contributed by atoms with Crippen molar-refractivity contribution in [3.63, 3.8) is 0 Å². The predicted molar refractivity (Wildman–Crippen MR) is 119 cm³/mol. The number of fused-ring (bicyclic) bond motifs is 1. The molecule has 2 saturated carbocycles. The van der Waals surface area contributed by atoms with E-state index < -0.39 is 5.97 Å². The summed E-state index contributed by atoms with van der Waals surface area (Å²) in [6, 6.07) is 8.69. The number of hydrogen-bond donors (Lipinski definition) is 1. The summed E-state index contributed by atoms with van der Waals surface area (Å²) in [6.45, 7) is 0. The largest absolute Gasteiger partial charge is 0.478 e. The van der Waals surface area contributed by atoms with Crippen LogP contribution in [0.1, 0.15) is 89.5 Å². The summed E-state index contributed by atoms with van der Waals surface area (Å²) in [5.41, 5.74) is 6.36. The highest BCUT2D eigenvalue weighted by atomic mass is 16.4. The van der Waals surface area contributed by atoms with Crippen LogP contribution < -0.4 is 0 Å². The van der Waals surface area contributed by atoms with E-state index in [4.69, 9.17) is 0 Å². The maximum atomic E-state index is 11.7. The lowest BCUT2D eigenvalue weighted by atomic mass is 9.95. The summed E-state index contributed by atoms with van der Waals surface area (Å²) >= 11 is 0. The number of nitrogens with zero attached hydrogens (tertiary/aromatic N) is 2. The van der Waals surface area contributed by atoms with Gasteiger partial charge in [0.25, 0.3) is 0 Å². The van der Waals surface area contributed by atoms with E-state index >= 15 is 0 Å². The molecule has 2 aliphatic rings. The molecule has 2 heterocycles. The molecule has 0 unspecified atom stereocenters. The fourth-order valence-electron chi connectivity index (χ4n) is 5.18. The van der Waals surface area contributed by atoms with Crippen molar-refractivity contribution in [1.29, 1.82) is 0 Å². The van der Waals surface area contributed by atoms with Crippen LogP contribution in [-0.2, 0) is 19.9 Å². The van der Waals surface area contributed by atoms with Crippen LogP contribution >= 0.6 is 0 Å². The Labute approximate surface area is 177 Å². The first kappa shape index (κ1) is 19.3. The van der Waals surface area contributed by atoms with Crippen LogP contribution in [-0.4, -0.2) is 20.6 Å². The van der Waals surface area contributed by atoms with Crippen LogP contribution in [0.4, 0.5) is 0 Å². The average Bonchev–Trinajstić information content (AvgIpc) is 3.35. The van der Waals surface area contributed by atoms with Gasteiger partial charge in [-0.05, 0) is 91.7 Å². The molecule has 0 aliphatic heterocycles. The SMILES string of the molecule is Cn1cc(C2CCCC2)c2cc(CCCc3ncc(C4CC4)cc3C(=O)O)ccc21. The second-order valence-electron chi connectivity index (χ2n) is 9.22. The van der Waals surface area contributed by atoms with Crippen molar-refractivity contribution in [2.24, 2.45) is 7.05 Å². The topological polar surface area (TPSA) is 55.1 Å². The average molecular weight is 403 g/mol. The number of aromatic nitrogens is 2. The molecule has 0 radical (unpaired) electrons. The molecule has 1 N–H and O–H groups in total. The second kappa shape index (κ2) is 7.90. The van der Waals surface area contributed by atoms with Crippen LogP contribution in [0.25, 0.3) is 10.9 Å². The quantitative estimate of drug-likeness (QED) is 0.529. The van der Waals surface area contributed by atoms with Crippen LogP contribution in [0.5, 0.6) is 0 Å². The molecular weight excluding hydrogens is 372 g/mol. The van der Waals surface area contributed by atoms with E-state index in [1.54, 1.807) is 0 Å². The lowest BCUT2D eigenvalue weighted by Gasteiger charge is -2.09. The normalized spacial score (nSPS) is 17.1. The van der Waals surface area contributed by atoms with Gasteiger partial charge < -0.3 is 9.67 Å². The van der Waals surface area contributed by atoms with Crippen LogP contribution in [0.2, 0.25) is 0 Å². The minimum atomic E-state index is -0.855. The number of benzene rings is 1. The van der Waals surface area contributed by atoms with Crippen LogP contribution in [0.3, 0.4) is 0 Å². The van der Waals surface area contributed by atoms with Crippen molar-refractivity contribution in [3.8, 4) is 0 Å². The molecule has 0 atom stereocenters. The Hall–Kier alpha value is -2.62. The highest BCUT2D eigenvalue weighted by molar-refractivity contribution is 5.89. The molecular formula is C26H30N2O2. The van der Waals surface area contributed by atoms with Gasteiger partial charge in [0.2, 0.25) is 0 Å². The van der Waals surface area contributed by atoms with Gasteiger partial charge in [-0.2, -0.15) is 0 Å². The Morgan fingerprint density at radius 2 is 1.90 bits per heavy atom. The van der Waals surface area contributed by atoms with E-state index in [1.165, 1.54) is 47.7 Å². The Bertz CT molecular complexity index is 1090. The number of pyridine rings is 1. The Morgan fingerprint density at radius 3 is 2.63 bits per heavy atom. The van der Waals surface area contributed by atoms with Gasteiger partial charge in [0, 0.05) is 30.3 Å². The fourth-order valence-corrected chi connectivity index (χ4v) is 5.18. The Balaban J connectivity index is 1.32. The van der Waals surface area contributed by atoms with Crippen molar-refractivity contribution in [2.75, 3.05) is 0 Å². The first-order valence-corrected chi connectivity index (χ1v) is 11.4. The van der Waals surface area contributed by atoms with E-state index in [0.29, 0.717) is 23.8 Å². The highest BCUT2D eigenvalue weighted by Crippen LogP contribution is 2.40. The van der Waals surface area contributed by atoms with Crippen molar-refractivity contribution < 1.29 is 9.90 Å². The number of aryl methyl sites for hydroxylation is 3. The number of carbonyl (C=O) groups is 1. The molecule has 2 fully saturated rings. The molecule has 0 spiro atoms. The first-order valence-electron chi connectivity index (χ1n) is 11.4. The van der Waals surface area contributed by atoms with Gasteiger partial charge in [-0.1, -0.05) is 18.9 Å². The lowest BCUT2D eigenvalue weighted by molar-refractivity contribution is 0.0695. The molecule has 2 aromatic heterocycles. The molecule has 1 aromatic carbocycles. The molecule has 0 saturated heterocycles. The summed E-state index contributed by atoms with van der Waals surface area (Å²) in [5.74, 6) is 0.375. The standard InChI is InChI=1S/C26H30N2O2/c1-28-16-23(19-6-2-3-7-19)21-13-17(9-12-25(21)28)5-4-8-24-22(26(29)30)14-20(15-27-24)18-10-11-18/h9,12-16,18-19H,2-8,10-11H2,1H3,(H,29,30). The van der Waals surface area contributed by atoms with Gasteiger partial charge in [0.05, 0.1) is 11.3 Å². The maximum absolute atomic E-state index is 11.7. The summed E-state index contributed by atoms with van der Waals surface area (Å²) < 4.78 is 2.26. The van der Waals surface area contributed by atoms with Crippen molar-refractivity contribution in [3.05, 3.63) is 64.6 Å². The summed E-state index contributed by atoms with van der Waals surface area (Å²) in [5, 5.41) is 11.0. The van der Waals surface area contributed by atoms with Crippen molar-refractivity contribution in [2.45, 2.75) is 69.6 Å². The van der Waals surface area contributed by atoms with Gasteiger partial charge in [-0.15, -0.1) is 0 Å². The zero-order valence-electron chi connectivity index (χ0n) is 17.7. The van der Waals surface area contributed by atoms with Crippen molar-refractivity contribution in [1.82, 2.24) is 9.55 Å². The summed E-state index contributed by atoms with van der Waals surface area (Å²) in [7, 11) is 2.14. The van der Waals surface area contributed by atoms with Crippen LogP contribution in [0.15, 0.2) is 36.7 Å². The maximum Gasteiger partial charge on any atom is 0.337 e. The van der Waals surface area contributed by atoms with Crippen molar-refractivity contribution >= 4 is 16.9 Å². The second-order valence-corrected chi connectivity index (χ2v) is 9.22. The number of carboxylic acid groups (broad SMARTS) is 1. The Kier molecular flexibility index (Phi) is 5.10. The van der Waals surface area contributed by atoms with E-state index in [9.17, 15) is 9.90 Å². The van der Waals surface area contributed by atoms with Gasteiger partial charge >= 0.3 is 5.97 Å². The minimum Gasteiger partial charge on any atom is -0.478 e. The van der Waals surface area contributed by atoms with Gasteiger partial charge in [-0.3, -0.25) is 4.98 Å². The third-order valence-electron chi connectivity index (χ3n) is 7.03. The van der Waals surface area contributed by atoms with Gasteiger partial charge in [-0.25, -0.2) is 4.79 Å². The monoisotopic (exact) mass is 402 g/mol. The first-order chi connectivity index (χ1) is 14.6. The number of carboxylic acids is 1. The zero-order valence-corrected chi connectivity index (χ0v) is 17.7. The molecule has 156 valence electrons.